The number of furan rings is 1. The molecular formula is C16H17NO4. The molecule has 5 nitrogen and oxygen atoms in total. The van der Waals surface area contributed by atoms with Gasteiger partial charge >= 0.3 is 5.97 Å². The van der Waals surface area contributed by atoms with Crippen molar-refractivity contribution in [3.63, 3.8) is 0 Å². The van der Waals surface area contributed by atoms with E-state index in [1.54, 1.807) is 12.1 Å². The van der Waals surface area contributed by atoms with Crippen molar-refractivity contribution in [3.8, 4) is 0 Å². The van der Waals surface area contributed by atoms with Gasteiger partial charge in [-0.1, -0.05) is 6.07 Å². The molecule has 21 heavy (non-hydrogen) atoms. The zero-order valence-corrected chi connectivity index (χ0v) is 12.0. The van der Waals surface area contributed by atoms with Crippen LogP contribution in [0.15, 0.2) is 34.7 Å². The molecule has 1 amide bonds. The van der Waals surface area contributed by atoms with Gasteiger partial charge in [-0.25, -0.2) is 4.79 Å². The van der Waals surface area contributed by atoms with E-state index in [0.29, 0.717) is 12.1 Å². The first-order chi connectivity index (χ1) is 9.95. The molecule has 0 bridgehead atoms. The number of amides is 1. The topological polar surface area (TPSA) is 79.5 Å². The smallest absolute Gasteiger partial charge is 0.337 e. The molecule has 0 spiro atoms. The van der Waals surface area contributed by atoms with E-state index in [1.807, 2.05) is 26.0 Å². The summed E-state index contributed by atoms with van der Waals surface area (Å²) in [6.07, 6.45) is 0.716. The lowest BCUT2D eigenvalue weighted by atomic mass is 10.1. The number of anilines is 1. The largest absolute Gasteiger partial charge is 0.478 e. The first-order valence-corrected chi connectivity index (χ1v) is 6.65. The van der Waals surface area contributed by atoms with Gasteiger partial charge in [0, 0.05) is 12.8 Å². The minimum Gasteiger partial charge on any atom is -0.478 e. The maximum Gasteiger partial charge on any atom is 0.337 e. The zero-order valence-electron chi connectivity index (χ0n) is 12.0. The van der Waals surface area contributed by atoms with Crippen molar-refractivity contribution >= 4 is 17.6 Å². The van der Waals surface area contributed by atoms with E-state index in [4.69, 9.17) is 9.52 Å². The monoisotopic (exact) mass is 287 g/mol. The molecule has 0 saturated carbocycles. The van der Waals surface area contributed by atoms with E-state index in [1.165, 1.54) is 6.07 Å². The van der Waals surface area contributed by atoms with Gasteiger partial charge in [0.1, 0.15) is 11.5 Å². The van der Waals surface area contributed by atoms with Gasteiger partial charge in [0.05, 0.1) is 11.3 Å². The molecule has 0 aliphatic carbocycles. The highest BCUT2D eigenvalue weighted by molar-refractivity contribution is 6.00. The van der Waals surface area contributed by atoms with Gasteiger partial charge in [-0.2, -0.15) is 0 Å². The van der Waals surface area contributed by atoms with Crippen LogP contribution in [-0.4, -0.2) is 17.0 Å². The SMILES string of the molecule is Cc1ccc(C(=O)O)c(NC(=O)CCc2ccc(C)o2)c1. The lowest BCUT2D eigenvalue weighted by molar-refractivity contribution is -0.116. The summed E-state index contributed by atoms with van der Waals surface area (Å²) in [4.78, 5) is 23.1. The molecule has 5 heteroatoms. The molecule has 2 aromatic rings. The number of carboxylic acids is 1. The highest BCUT2D eigenvalue weighted by Gasteiger charge is 2.13. The first-order valence-electron chi connectivity index (χ1n) is 6.65. The van der Waals surface area contributed by atoms with Crippen molar-refractivity contribution in [1.82, 2.24) is 0 Å². The number of carbonyl (C=O) groups is 2. The molecule has 0 saturated heterocycles. The Hall–Kier alpha value is -2.56. The van der Waals surface area contributed by atoms with Gasteiger partial charge in [0.2, 0.25) is 5.91 Å². The van der Waals surface area contributed by atoms with Gasteiger partial charge in [-0.3, -0.25) is 4.79 Å². The summed E-state index contributed by atoms with van der Waals surface area (Å²) in [5.41, 5.74) is 1.29. The fourth-order valence-electron chi connectivity index (χ4n) is 2.02. The summed E-state index contributed by atoms with van der Waals surface area (Å²) in [6.45, 7) is 3.68. The molecule has 0 fully saturated rings. The Morgan fingerprint density at radius 2 is 1.95 bits per heavy atom. The first kappa shape index (κ1) is 14.8. The van der Waals surface area contributed by atoms with E-state index < -0.39 is 5.97 Å². The van der Waals surface area contributed by atoms with Crippen molar-refractivity contribution in [3.05, 3.63) is 53.0 Å². The van der Waals surface area contributed by atoms with Gasteiger partial charge in [0.15, 0.2) is 0 Å². The molecule has 2 N–H and O–H groups in total. The van der Waals surface area contributed by atoms with Crippen molar-refractivity contribution in [2.75, 3.05) is 5.32 Å². The lowest BCUT2D eigenvalue weighted by Gasteiger charge is -2.09. The molecule has 0 aliphatic heterocycles. The maximum atomic E-state index is 11.9. The van der Waals surface area contributed by atoms with Gasteiger partial charge in [-0.05, 0) is 43.7 Å². The molecule has 1 heterocycles. The summed E-state index contributed by atoms with van der Waals surface area (Å²) < 4.78 is 5.39. The number of rotatable bonds is 5. The van der Waals surface area contributed by atoms with Crippen LogP contribution in [-0.2, 0) is 11.2 Å². The van der Waals surface area contributed by atoms with Crippen molar-refractivity contribution < 1.29 is 19.1 Å². The number of benzene rings is 1. The lowest BCUT2D eigenvalue weighted by Crippen LogP contribution is -2.15. The molecule has 1 aromatic carbocycles. The Morgan fingerprint density at radius 3 is 2.57 bits per heavy atom. The average molecular weight is 287 g/mol. The standard InChI is InChI=1S/C16H17NO4/c1-10-3-7-13(16(19)20)14(9-10)17-15(18)8-6-12-5-4-11(2)21-12/h3-5,7,9H,6,8H2,1-2H3,(H,17,18)(H,19,20). The van der Waals surface area contributed by atoms with Crippen LogP contribution in [0.2, 0.25) is 0 Å². The minimum atomic E-state index is -1.06. The van der Waals surface area contributed by atoms with Crippen LogP contribution in [0, 0.1) is 13.8 Å². The second-order valence-corrected chi connectivity index (χ2v) is 4.91. The van der Waals surface area contributed by atoms with Crippen LogP contribution in [0.4, 0.5) is 5.69 Å². The molecule has 110 valence electrons. The molecular weight excluding hydrogens is 270 g/mol. The Labute approximate surface area is 122 Å². The Balaban J connectivity index is 2.02. The zero-order chi connectivity index (χ0) is 15.4. The Bertz CT molecular complexity index is 673. The quantitative estimate of drug-likeness (QED) is 0.885. The van der Waals surface area contributed by atoms with Crippen LogP contribution in [0.25, 0.3) is 0 Å². The number of hydrogen-bond donors (Lipinski definition) is 2. The van der Waals surface area contributed by atoms with Gasteiger partial charge in [-0.15, -0.1) is 0 Å². The predicted molar refractivity (Wildman–Crippen MR) is 78.5 cm³/mol. The number of carbonyl (C=O) groups excluding carboxylic acids is 1. The second-order valence-electron chi connectivity index (χ2n) is 4.91. The van der Waals surface area contributed by atoms with Crippen LogP contribution in [0.5, 0.6) is 0 Å². The molecule has 1 aromatic heterocycles. The van der Waals surface area contributed by atoms with Crippen LogP contribution in [0.1, 0.15) is 33.9 Å². The Morgan fingerprint density at radius 1 is 1.19 bits per heavy atom. The highest BCUT2D eigenvalue weighted by Crippen LogP contribution is 2.18. The molecule has 0 aliphatic rings. The molecule has 0 radical (unpaired) electrons. The van der Waals surface area contributed by atoms with Crippen LogP contribution < -0.4 is 5.32 Å². The predicted octanol–water partition coefficient (Wildman–Crippen LogP) is 3.17. The highest BCUT2D eigenvalue weighted by atomic mass is 16.4. The van der Waals surface area contributed by atoms with Gasteiger partial charge in [0.25, 0.3) is 0 Å². The van der Waals surface area contributed by atoms with Crippen molar-refractivity contribution in [2.24, 2.45) is 0 Å². The Kier molecular flexibility index (Phi) is 4.42. The molecule has 0 unspecified atom stereocenters. The van der Waals surface area contributed by atoms with Gasteiger partial charge < -0.3 is 14.8 Å². The number of aryl methyl sites for hydroxylation is 3. The van der Waals surface area contributed by atoms with E-state index in [2.05, 4.69) is 5.32 Å². The summed E-state index contributed by atoms with van der Waals surface area (Å²) in [7, 11) is 0. The normalized spacial score (nSPS) is 10.4. The summed E-state index contributed by atoms with van der Waals surface area (Å²) >= 11 is 0. The van der Waals surface area contributed by atoms with E-state index in [-0.39, 0.29) is 17.9 Å². The fraction of sp³-hybridized carbons (Fsp3) is 0.250. The molecule has 0 atom stereocenters. The summed E-state index contributed by atoms with van der Waals surface area (Å²) in [5.74, 6) is 0.242. The third-order valence-electron chi connectivity index (χ3n) is 3.07. The number of aromatic carboxylic acids is 1. The average Bonchev–Trinajstić information content (AvgIpc) is 2.82. The fourth-order valence-corrected chi connectivity index (χ4v) is 2.02. The van der Waals surface area contributed by atoms with E-state index >= 15 is 0 Å². The summed E-state index contributed by atoms with van der Waals surface area (Å²) in [5, 5.41) is 11.8. The third-order valence-corrected chi connectivity index (χ3v) is 3.07. The number of nitrogens with one attached hydrogen (secondary N) is 1. The minimum absolute atomic E-state index is 0.0859. The van der Waals surface area contributed by atoms with Crippen molar-refractivity contribution in [2.45, 2.75) is 26.7 Å². The second kappa shape index (κ2) is 6.26. The maximum absolute atomic E-state index is 11.9. The third kappa shape index (κ3) is 3.95. The summed E-state index contributed by atoms with van der Waals surface area (Å²) in [6, 6.07) is 8.51. The number of carboxylic acid groups (broad SMARTS) is 1. The van der Waals surface area contributed by atoms with Crippen molar-refractivity contribution in [1.29, 1.82) is 0 Å². The molecule has 2 rings (SSSR count). The van der Waals surface area contributed by atoms with E-state index in [9.17, 15) is 9.59 Å². The number of hydrogen-bond acceptors (Lipinski definition) is 3. The van der Waals surface area contributed by atoms with Crippen LogP contribution in [0.3, 0.4) is 0 Å². The van der Waals surface area contributed by atoms with E-state index in [0.717, 1.165) is 17.1 Å². The van der Waals surface area contributed by atoms with Crippen LogP contribution >= 0.6 is 0 Å².